The molecule has 17 heavy (non-hydrogen) atoms. The smallest absolute Gasteiger partial charge is 0.0453 e. The average Bonchev–Trinajstić information content (AvgIpc) is 2.30. The maximum absolute atomic E-state index is 6.20. The lowest BCUT2D eigenvalue weighted by Crippen LogP contribution is -2.44. The summed E-state index contributed by atoms with van der Waals surface area (Å²) >= 11 is 6.20. The van der Waals surface area contributed by atoms with Crippen molar-refractivity contribution in [3.63, 3.8) is 0 Å². The fourth-order valence-corrected chi connectivity index (χ4v) is 2.37. The summed E-state index contributed by atoms with van der Waals surface area (Å²) in [6, 6.07) is 8.54. The predicted octanol–water partition coefficient (Wildman–Crippen LogP) is 3.15. The molecule has 0 saturated carbocycles. The second kappa shape index (κ2) is 8.17. The number of benzene rings is 1. The molecule has 1 aliphatic heterocycles. The maximum Gasteiger partial charge on any atom is 0.0453 e. The van der Waals surface area contributed by atoms with Gasteiger partial charge in [-0.3, -0.25) is 4.90 Å². The minimum absolute atomic E-state index is 0. The molecule has 1 atom stereocenters. The normalized spacial score (nSPS) is 17.8. The molecule has 1 fully saturated rings. The van der Waals surface area contributed by atoms with Crippen molar-refractivity contribution in [3.8, 4) is 0 Å². The summed E-state index contributed by atoms with van der Waals surface area (Å²) in [5, 5.41) is 4.24. The maximum atomic E-state index is 6.20. The summed E-state index contributed by atoms with van der Waals surface area (Å²) in [4.78, 5) is 2.47. The van der Waals surface area contributed by atoms with Gasteiger partial charge >= 0.3 is 0 Å². The van der Waals surface area contributed by atoms with Crippen molar-refractivity contribution in [2.24, 2.45) is 0 Å². The molecule has 1 saturated heterocycles. The summed E-state index contributed by atoms with van der Waals surface area (Å²) in [7, 11) is 0. The number of nitrogens with zero attached hydrogens (tertiary/aromatic N) is 1. The van der Waals surface area contributed by atoms with Gasteiger partial charge < -0.3 is 5.32 Å². The molecule has 0 amide bonds. The van der Waals surface area contributed by atoms with Crippen molar-refractivity contribution in [1.29, 1.82) is 0 Å². The molecule has 2 nitrogen and oxygen atoms in total. The first-order valence-electron chi connectivity index (χ1n) is 5.48. The number of rotatable bonds is 2. The molecule has 1 aromatic carbocycles. The highest BCUT2D eigenvalue weighted by molar-refractivity contribution is 6.31. The predicted molar refractivity (Wildman–Crippen MR) is 78.8 cm³/mol. The van der Waals surface area contributed by atoms with Crippen molar-refractivity contribution in [3.05, 3.63) is 34.9 Å². The quantitative estimate of drug-likeness (QED) is 0.902. The van der Waals surface area contributed by atoms with Crippen LogP contribution >= 0.6 is 36.4 Å². The SMILES string of the molecule is C[C@H](c1ccccc1Cl)N1CCNCC1.Cl.Cl. The highest BCUT2D eigenvalue weighted by Gasteiger charge is 2.19. The Balaban J connectivity index is 0.00000128. The molecule has 0 aliphatic carbocycles. The average molecular weight is 298 g/mol. The molecule has 0 radical (unpaired) electrons. The fourth-order valence-electron chi connectivity index (χ4n) is 2.08. The van der Waals surface area contributed by atoms with Crippen LogP contribution in [0.2, 0.25) is 5.02 Å². The molecular formula is C12H19Cl3N2. The van der Waals surface area contributed by atoms with Crippen LogP contribution < -0.4 is 5.32 Å². The third-order valence-electron chi connectivity index (χ3n) is 3.05. The van der Waals surface area contributed by atoms with Crippen LogP contribution in [0.1, 0.15) is 18.5 Å². The molecule has 1 N–H and O–H groups in total. The number of hydrogen-bond acceptors (Lipinski definition) is 2. The molecule has 1 aliphatic rings. The lowest BCUT2D eigenvalue weighted by molar-refractivity contribution is 0.185. The van der Waals surface area contributed by atoms with Crippen molar-refractivity contribution in [2.45, 2.75) is 13.0 Å². The highest BCUT2D eigenvalue weighted by atomic mass is 35.5. The van der Waals surface area contributed by atoms with Gasteiger partial charge in [0.1, 0.15) is 0 Å². The largest absolute Gasteiger partial charge is 0.314 e. The Bertz CT molecular complexity index is 327. The molecule has 98 valence electrons. The van der Waals surface area contributed by atoms with E-state index in [1.807, 2.05) is 12.1 Å². The summed E-state index contributed by atoms with van der Waals surface area (Å²) in [6.07, 6.45) is 0. The van der Waals surface area contributed by atoms with Gasteiger partial charge in [-0.25, -0.2) is 0 Å². The molecule has 0 spiro atoms. The van der Waals surface area contributed by atoms with Crippen LogP contribution in [-0.2, 0) is 0 Å². The summed E-state index contributed by atoms with van der Waals surface area (Å²) in [5.74, 6) is 0. The minimum Gasteiger partial charge on any atom is -0.314 e. The Kier molecular flexibility index (Phi) is 8.18. The molecule has 2 rings (SSSR count). The van der Waals surface area contributed by atoms with E-state index in [0.29, 0.717) is 6.04 Å². The lowest BCUT2D eigenvalue weighted by Gasteiger charge is -2.33. The van der Waals surface area contributed by atoms with E-state index in [9.17, 15) is 0 Å². The van der Waals surface area contributed by atoms with Gasteiger partial charge in [0.05, 0.1) is 0 Å². The van der Waals surface area contributed by atoms with E-state index in [0.717, 1.165) is 31.2 Å². The molecule has 0 aromatic heterocycles. The number of hydrogen-bond donors (Lipinski definition) is 1. The van der Waals surface area contributed by atoms with Gasteiger partial charge in [-0.1, -0.05) is 29.8 Å². The van der Waals surface area contributed by atoms with E-state index in [4.69, 9.17) is 11.6 Å². The first kappa shape index (κ1) is 17.0. The molecule has 0 unspecified atom stereocenters. The van der Waals surface area contributed by atoms with Crippen molar-refractivity contribution in [1.82, 2.24) is 10.2 Å². The van der Waals surface area contributed by atoms with Crippen LogP contribution in [0.5, 0.6) is 0 Å². The van der Waals surface area contributed by atoms with Crippen LogP contribution in [0.15, 0.2) is 24.3 Å². The van der Waals surface area contributed by atoms with E-state index in [-0.39, 0.29) is 24.8 Å². The van der Waals surface area contributed by atoms with Gasteiger partial charge in [-0.05, 0) is 18.6 Å². The van der Waals surface area contributed by atoms with Crippen LogP contribution in [0.4, 0.5) is 0 Å². The van der Waals surface area contributed by atoms with Crippen LogP contribution in [0.3, 0.4) is 0 Å². The van der Waals surface area contributed by atoms with E-state index >= 15 is 0 Å². The third-order valence-corrected chi connectivity index (χ3v) is 3.40. The Morgan fingerprint density at radius 3 is 2.35 bits per heavy atom. The van der Waals surface area contributed by atoms with Crippen LogP contribution in [-0.4, -0.2) is 31.1 Å². The van der Waals surface area contributed by atoms with Gasteiger partial charge in [0.25, 0.3) is 0 Å². The zero-order valence-electron chi connectivity index (χ0n) is 9.86. The Labute approximate surface area is 121 Å². The van der Waals surface area contributed by atoms with Gasteiger partial charge in [0.15, 0.2) is 0 Å². The second-order valence-electron chi connectivity index (χ2n) is 3.98. The Hall–Kier alpha value is 0.01000. The molecule has 1 heterocycles. The molecule has 1 aromatic rings. The number of halogens is 3. The van der Waals surface area contributed by atoms with Crippen LogP contribution in [0.25, 0.3) is 0 Å². The zero-order valence-corrected chi connectivity index (χ0v) is 12.2. The van der Waals surface area contributed by atoms with Crippen molar-refractivity contribution in [2.75, 3.05) is 26.2 Å². The second-order valence-corrected chi connectivity index (χ2v) is 4.39. The summed E-state index contributed by atoms with van der Waals surface area (Å²) in [5.41, 5.74) is 1.24. The van der Waals surface area contributed by atoms with Crippen molar-refractivity contribution < 1.29 is 0 Å². The molecular weight excluding hydrogens is 279 g/mol. The topological polar surface area (TPSA) is 15.3 Å². The Morgan fingerprint density at radius 2 is 1.76 bits per heavy atom. The Morgan fingerprint density at radius 1 is 1.18 bits per heavy atom. The fraction of sp³-hybridized carbons (Fsp3) is 0.500. The molecule has 5 heteroatoms. The van der Waals surface area contributed by atoms with E-state index in [1.165, 1.54) is 5.56 Å². The van der Waals surface area contributed by atoms with E-state index in [2.05, 4.69) is 29.3 Å². The van der Waals surface area contributed by atoms with Gasteiger partial charge in [-0.15, -0.1) is 24.8 Å². The summed E-state index contributed by atoms with van der Waals surface area (Å²) < 4.78 is 0. The number of piperazine rings is 1. The van der Waals surface area contributed by atoms with Gasteiger partial charge in [-0.2, -0.15) is 0 Å². The summed E-state index contributed by atoms with van der Waals surface area (Å²) in [6.45, 7) is 6.59. The van der Waals surface area contributed by atoms with Gasteiger partial charge in [0, 0.05) is 37.2 Å². The first-order chi connectivity index (χ1) is 7.29. The monoisotopic (exact) mass is 296 g/mol. The van der Waals surface area contributed by atoms with Gasteiger partial charge in [0.2, 0.25) is 0 Å². The van der Waals surface area contributed by atoms with Crippen LogP contribution in [0, 0.1) is 0 Å². The lowest BCUT2D eigenvalue weighted by atomic mass is 10.1. The highest BCUT2D eigenvalue weighted by Crippen LogP contribution is 2.26. The third kappa shape index (κ3) is 4.31. The van der Waals surface area contributed by atoms with Crippen molar-refractivity contribution >= 4 is 36.4 Å². The standard InChI is InChI=1S/C12H17ClN2.2ClH/c1-10(15-8-6-14-7-9-15)11-4-2-3-5-12(11)13;;/h2-5,10,14H,6-9H2,1H3;2*1H/t10-;;/m1../s1. The van der Waals surface area contributed by atoms with E-state index in [1.54, 1.807) is 0 Å². The minimum atomic E-state index is 0. The zero-order chi connectivity index (χ0) is 10.7. The first-order valence-corrected chi connectivity index (χ1v) is 5.86. The number of nitrogens with one attached hydrogen (secondary N) is 1. The van der Waals surface area contributed by atoms with E-state index < -0.39 is 0 Å². The molecule has 0 bridgehead atoms.